The normalized spacial score (nSPS) is 12.1. The van der Waals surface area contributed by atoms with Crippen molar-refractivity contribution < 1.29 is 4.79 Å². The summed E-state index contributed by atoms with van der Waals surface area (Å²) < 4.78 is 2.18. The van der Waals surface area contributed by atoms with Gasteiger partial charge in [-0.25, -0.2) is 0 Å². The monoisotopic (exact) mass is 423 g/mol. The third-order valence-electron chi connectivity index (χ3n) is 5.27. The molecule has 2 aromatic carbocycles. The third kappa shape index (κ3) is 5.23. The fraction of sp³-hybridized carbons (Fsp3) is 0.348. The van der Waals surface area contributed by atoms with Crippen molar-refractivity contribution in [2.75, 3.05) is 19.6 Å². The molecule has 6 nitrogen and oxygen atoms in total. The van der Waals surface area contributed by atoms with Crippen LogP contribution in [0.25, 0.3) is 11.4 Å². The molecule has 1 amide bonds. The van der Waals surface area contributed by atoms with Gasteiger partial charge in [-0.3, -0.25) is 19.4 Å². The lowest BCUT2D eigenvalue weighted by Crippen LogP contribution is -2.39. The van der Waals surface area contributed by atoms with E-state index < -0.39 is 0 Å². The smallest absolute Gasteiger partial charge is 0.240 e. The van der Waals surface area contributed by atoms with Crippen LogP contribution in [0.5, 0.6) is 0 Å². The van der Waals surface area contributed by atoms with Gasteiger partial charge in [0.05, 0.1) is 6.04 Å². The number of carbonyl (C=O) groups excluding carboxylic acids is 1. The molecule has 0 radical (unpaired) electrons. The summed E-state index contributed by atoms with van der Waals surface area (Å²) in [6.07, 6.45) is 0. The predicted octanol–water partition coefficient (Wildman–Crippen LogP) is 4.12. The van der Waals surface area contributed by atoms with Crippen molar-refractivity contribution in [1.29, 1.82) is 0 Å². The number of likely N-dealkylation sites (N-methyl/N-ethyl adjacent to an activating group) is 1. The van der Waals surface area contributed by atoms with Crippen LogP contribution in [0.2, 0.25) is 0 Å². The third-order valence-corrected chi connectivity index (χ3v) is 5.58. The number of rotatable bonds is 9. The summed E-state index contributed by atoms with van der Waals surface area (Å²) in [7, 11) is 0. The fourth-order valence-corrected chi connectivity index (χ4v) is 3.87. The zero-order valence-corrected chi connectivity index (χ0v) is 18.6. The molecule has 0 saturated carbocycles. The molecule has 30 heavy (non-hydrogen) atoms. The van der Waals surface area contributed by atoms with Crippen molar-refractivity contribution in [2.24, 2.45) is 0 Å². The highest BCUT2D eigenvalue weighted by Crippen LogP contribution is 2.20. The number of nitrogens with zero attached hydrogens (tertiary/aromatic N) is 3. The van der Waals surface area contributed by atoms with E-state index in [1.54, 1.807) is 4.57 Å². The Bertz CT molecular complexity index is 1020. The lowest BCUT2D eigenvalue weighted by Gasteiger charge is -2.30. The molecule has 0 fully saturated rings. The standard InChI is InChI=1S/C23H29N5OS/c1-4-27(5-2)20(18-11-7-6-8-12-18)15-24-21(29)16-28-22(25-26-23(28)30)19-13-9-10-17(3)14-19/h6-14,20H,4-5,15-16H2,1-3H3,(H,24,29)(H,26,30)/t20-/m1/s1. The lowest BCUT2D eigenvalue weighted by atomic mass is 10.1. The molecule has 2 N–H and O–H groups in total. The van der Waals surface area contributed by atoms with Crippen LogP contribution < -0.4 is 5.32 Å². The Kier molecular flexibility index (Phi) is 7.54. The highest BCUT2D eigenvalue weighted by atomic mass is 32.1. The quantitative estimate of drug-likeness (QED) is 0.508. The molecule has 0 unspecified atom stereocenters. The van der Waals surface area contributed by atoms with Crippen LogP contribution in [0, 0.1) is 11.7 Å². The number of aromatic amines is 1. The van der Waals surface area contributed by atoms with E-state index in [1.807, 2.05) is 49.4 Å². The first-order valence-corrected chi connectivity index (χ1v) is 10.7. The summed E-state index contributed by atoms with van der Waals surface area (Å²) in [6.45, 7) is 8.79. The van der Waals surface area contributed by atoms with Crippen molar-refractivity contribution in [3.05, 3.63) is 70.5 Å². The maximum Gasteiger partial charge on any atom is 0.240 e. The number of amides is 1. The number of benzene rings is 2. The molecule has 0 saturated heterocycles. The number of hydrogen-bond donors (Lipinski definition) is 2. The molecule has 0 spiro atoms. The van der Waals surface area contributed by atoms with Crippen LogP contribution in [0.3, 0.4) is 0 Å². The molecule has 158 valence electrons. The summed E-state index contributed by atoms with van der Waals surface area (Å²) >= 11 is 5.37. The van der Waals surface area contributed by atoms with Gasteiger partial charge in [-0.2, -0.15) is 5.10 Å². The van der Waals surface area contributed by atoms with E-state index in [2.05, 4.69) is 46.4 Å². The minimum Gasteiger partial charge on any atom is -0.353 e. The molecule has 0 aliphatic rings. The second-order valence-corrected chi connectivity index (χ2v) is 7.65. The van der Waals surface area contributed by atoms with Gasteiger partial charge in [0, 0.05) is 12.1 Å². The van der Waals surface area contributed by atoms with Crippen molar-refractivity contribution in [2.45, 2.75) is 33.4 Å². The lowest BCUT2D eigenvalue weighted by molar-refractivity contribution is -0.121. The summed E-state index contributed by atoms with van der Waals surface area (Å²) in [4.78, 5) is 15.2. The molecule has 3 rings (SSSR count). The molecule has 1 aromatic heterocycles. The second-order valence-electron chi connectivity index (χ2n) is 7.26. The van der Waals surface area contributed by atoms with Gasteiger partial charge in [0.15, 0.2) is 10.6 Å². The van der Waals surface area contributed by atoms with Gasteiger partial charge in [-0.1, -0.05) is 67.9 Å². The number of aryl methyl sites for hydroxylation is 1. The summed E-state index contributed by atoms with van der Waals surface area (Å²) in [5.74, 6) is 0.580. The Morgan fingerprint density at radius 2 is 1.90 bits per heavy atom. The van der Waals surface area contributed by atoms with Gasteiger partial charge >= 0.3 is 0 Å². The Morgan fingerprint density at radius 1 is 1.17 bits per heavy atom. The van der Waals surface area contributed by atoms with Gasteiger partial charge in [0.2, 0.25) is 5.91 Å². The number of nitrogens with one attached hydrogen (secondary N) is 2. The maximum absolute atomic E-state index is 12.8. The molecule has 0 aliphatic carbocycles. The van der Waals surface area contributed by atoms with Crippen LogP contribution in [0.4, 0.5) is 0 Å². The van der Waals surface area contributed by atoms with Crippen molar-refractivity contribution in [3.8, 4) is 11.4 Å². The Balaban J connectivity index is 1.74. The second kappa shape index (κ2) is 10.3. The molecule has 0 bridgehead atoms. The van der Waals surface area contributed by atoms with Crippen LogP contribution >= 0.6 is 12.2 Å². The van der Waals surface area contributed by atoms with Crippen LogP contribution in [0.1, 0.15) is 31.0 Å². The van der Waals surface area contributed by atoms with E-state index in [0.29, 0.717) is 17.1 Å². The minimum atomic E-state index is -0.0884. The Hall–Kier alpha value is -2.77. The average Bonchev–Trinajstić information content (AvgIpc) is 3.12. The molecular formula is C23H29N5OS. The van der Waals surface area contributed by atoms with Gasteiger partial charge in [-0.05, 0) is 43.9 Å². The number of carbonyl (C=O) groups is 1. The van der Waals surface area contributed by atoms with Gasteiger partial charge in [-0.15, -0.1) is 0 Å². The van der Waals surface area contributed by atoms with Gasteiger partial charge in [0.25, 0.3) is 0 Å². The maximum atomic E-state index is 12.8. The van der Waals surface area contributed by atoms with Gasteiger partial charge in [0.1, 0.15) is 6.54 Å². The van der Waals surface area contributed by atoms with Crippen LogP contribution in [0.15, 0.2) is 54.6 Å². The number of H-pyrrole nitrogens is 1. The first-order valence-electron chi connectivity index (χ1n) is 10.3. The van der Waals surface area contributed by atoms with E-state index in [9.17, 15) is 4.79 Å². The zero-order chi connectivity index (χ0) is 21.5. The van der Waals surface area contributed by atoms with E-state index in [-0.39, 0.29) is 18.5 Å². The fourth-order valence-electron chi connectivity index (χ4n) is 3.68. The molecule has 1 heterocycles. The average molecular weight is 424 g/mol. The van der Waals surface area contributed by atoms with Crippen molar-refractivity contribution in [3.63, 3.8) is 0 Å². The highest BCUT2D eigenvalue weighted by molar-refractivity contribution is 7.71. The zero-order valence-electron chi connectivity index (χ0n) is 17.8. The first kappa shape index (κ1) is 21.9. The van der Waals surface area contributed by atoms with Crippen LogP contribution in [-0.2, 0) is 11.3 Å². The molecule has 0 aliphatic heterocycles. The van der Waals surface area contributed by atoms with Crippen LogP contribution in [-0.4, -0.2) is 45.2 Å². The van der Waals surface area contributed by atoms with E-state index in [4.69, 9.17) is 12.2 Å². The van der Waals surface area contributed by atoms with E-state index in [1.165, 1.54) is 5.56 Å². The molecular weight excluding hydrogens is 394 g/mol. The largest absolute Gasteiger partial charge is 0.353 e. The Morgan fingerprint density at radius 3 is 2.57 bits per heavy atom. The molecule has 1 atom stereocenters. The Labute approximate surface area is 182 Å². The minimum absolute atomic E-state index is 0.0884. The summed E-state index contributed by atoms with van der Waals surface area (Å²) in [5, 5.41) is 10.2. The number of hydrogen-bond acceptors (Lipinski definition) is 4. The van der Waals surface area contributed by atoms with E-state index in [0.717, 1.165) is 24.2 Å². The topological polar surface area (TPSA) is 66.0 Å². The predicted molar refractivity (Wildman–Crippen MR) is 123 cm³/mol. The summed E-state index contributed by atoms with van der Waals surface area (Å²) in [6, 6.07) is 18.4. The molecule has 3 aromatic rings. The van der Waals surface area contributed by atoms with Gasteiger partial charge < -0.3 is 5.32 Å². The van der Waals surface area contributed by atoms with E-state index >= 15 is 0 Å². The molecule has 7 heteroatoms. The number of aromatic nitrogens is 3. The van der Waals surface area contributed by atoms with Crippen molar-refractivity contribution >= 4 is 18.1 Å². The SMILES string of the molecule is CCN(CC)[C@H](CNC(=O)Cn1c(-c2cccc(C)c2)n[nH]c1=S)c1ccccc1. The first-order chi connectivity index (χ1) is 14.5. The highest BCUT2D eigenvalue weighted by Gasteiger charge is 2.19. The summed E-state index contributed by atoms with van der Waals surface area (Å²) in [5.41, 5.74) is 3.25. The van der Waals surface area contributed by atoms with Crippen molar-refractivity contribution in [1.82, 2.24) is 25.0 Å².